The van der Waals surface area contributed by atoms with Gasteiger partial charge in [-0.3, -0.25) is 4.79 Å². The maximum absolute atomic E-state index is 12.4. The molecular formula is C14H21NO4S. The van der Waals surface area contributed by atoms with Crippen LogP contribution in [-0.2, 0) is 21.2 Å². The minimum atomic E-state index is -3.82. The molecule has 0 aliphatic rings. The van der Waals surface area contributed by atoms with E-state index in [1.54, 1.807) is 12.1 Å². The molecule has 0 atom stereocenters. The number of carboxylic acids is 1. The second kappa shape index (κ2) is 5.93. The van der Waals surface area contributed by atoms with E-state index in [-0.39, 0.29) is 4.90 Å². The first-order chi connectivity index (χ1) is 9.14. The molecule has 0 unspecified atom stereocenters. The van der Waals surface area contributed by atoms with Gasteiger partial charge >= 0.3 is 5.97 Å². The Morgan fingerprint density at radius 2 is 1.75 bits per heavy atom. The van der Waals surface area contributed by atoms with Crippen LogP contribution in [-0.4, -0.2) is 36.4 Å². The summed E-state index contributed by atoms with van der Waals surface area (Å²) in [4.78, 5) is 11.3. The molecule has 5 nitrogen and oxygen atoms in total. The molecule has 0 spiro atoms. The molecular weight excluding hydrogens is 278 g/mol. The minimum absolute atomic E-state index is 0.106. The van der Waals surface area contributed by atoms with Crippen molar-refractivity contribution in [2.24, 2.45) is 0 Å². The van der Waals surface area contributed by atoms with Gasteiger partial charge in [0.2, 0.25) is 10.0 Å². The molecule has 1 aromatic carbocycles. The van der Waals surface area contributed by atoms with E-state index in [2.05, 4.69) is 0 Å². The molecule has 6 heteroatoms. The standard InChI is InChI=1S/C14H21NO4S/c1-5-6-11-7-9-12(10-8-11)20(18,19)15(4)14(2,3)13(16)17/h7-10H,5-6H2,1-4H3,(H,16,17). The fourth-order valence-corrected chi connectivity index (χ4v) is 3.19. The minimum Gasteiger partial charge on any atom is -0.480 e. The fraction of sp³-hybridized carbons (Fsp3) is 0.500. The highest BCUT2D eigenvalue weighted by atomic mass is 32.2. The average molecular weight is 299 g/mol. The summed E-state index contributed by atoms with van der Waals surface area (Å²) >= 11 is 0. The van der Waals surface area contributed by atoms with Gasteiger partial charge in [-0.2, -0.15) is 4.31 Å². The Kier molecular flexibility index (Phi) is 4.94. The normalized spacial score (nSPS) is 12.7. The Balaban J connectivity index is 3.13. The number of nitrogens with zero attached hydrogens (tertiary/aromatic N) is 1. The van der Waals surface area contributed by atoms with E-state index in [1.165, 1.54) is 33.0 Å². The van der Waals surface area contributed by atoms with Gasteiger partial charge in [0.1, 0.15) is 5.54 Å². The summed E-state index contributed by atoms with van der Waals surface area (Å²) in [7, 11) is -2.54. The Hall–Kier alpha value is -1.40. The van der Waals surface area contributed by atoms with E-state index in [0.717, 1.165) is 22.7 Å². The van der Waals surface area contributed by atoms with Crippen molar-refractivity contribution < 1.29 is 18.3 Å². The molecule has 0 aliphatic carbocycles. The van der Waals surface area contributed by atoms with Gasteiger partial charge in [-0.1, -0.05) is 25.5 Å². The number of carbonyl (C=O) groups is 1. The molecule has 20 heavy (non-hydrogen) atoms. The van der Waals surface area contributed by atoms with E-state index < -0.39 is 21.5 Å². The summed E-state index contributed by atoms with van der Waals surface area (Å²) in [5.41, 5.74) is -0.437. The SMILES string of the molecule is CCCc1ccc(S(=O)(=O)N(C)C(C)(C)C(=O)O)cc1. The lowest BCUT2D eigenvalue weighted by molar-refractivity contribution is -0.145. The monoisotopic (exact) mass is 299 g/mol. The zero-order chi connectivity index (χ0) is 15.6. The van der Waals surface area contributed by atoms with Crippen LogP contribution in [0.25, 0.3) is 0 Å². The summed E-state index contributed by atoms with van der Waals surface area (Å²) < 4.78 is 25.7. The number of benzene rings is 1. The Bertz CT molecular complexity index is 576. The molecule has 1 N–H and O–H groups in total. The van der Waals surface area contributed by atoms with E-state index >= 15 is 0 Å². The number of rotatable bonds is 6. The van der Waals surface area contributed by atoms with Crippen molar-refractivity contribution in [1.82, 2.24) is 4.31 Å². The van der Waals surface area contributed by atoms with Gasteiger partial charge < -0.3 is 5.11 Å². The van der Waals surface area contributed by atoms with E-state index in [9.17, 15) is 13.2 Å². The molecule has 0 aliphatic heterocycles. The van der Waals surface area contributed by atoms with Crippen LogP contribution in [0.1, 0.15) is 32.8 Å². The molecule has 0 amide bonds. The summed E-state index contributed by atoms with van der Waals surface area (Å²) in [5.74, 6) is -1.19. The number of carboxylic acid groups (broad SMARTS) is 1. The van der Waals surface area contributed by atoms with E-state index in [4.69, 9.17) is 5.11 Å². The second-order valence-electron chi connectivity index (χ2n) is 5.23. The van der Waals surface area contributed by atoms with Gasteiger partial charge in [-0.25, -0.2) is 8.42 Å². The summed E-state index contributed by atoms with van der Waals surface area (Å²) in [6.45, 7) is 4.77. The molecule has 0 aromatic heterocycles. The number of sulfonamides is 1. The molecule has 0 fully saturated rings. The van der Waals surface area contributed by atoms with Crippen molar-refractivity contribution in [2.45, 2.75) is 44.0 Å². The number of aliphatic carboxylic acids is 1. The van der Waals surface area contributed by atoms with Gasteiger partial charge in [-0.05, 0) is 38.0 Å². The van der Waals surface area contributed by atoms with Gasteiger partial charge in [0, 0.05) is 7.05 Å². The molecule has 0 saturated heterocycles. The smallest absolute Gasteiger partial charge is 0.324 e. The first-order valence-corrected chi connectivity index (χ1v) is 7.89. The summed E-state index contributed by atoms with van der Waals surface area (Å²) in [6, 6.07) is 6.57. The zero-order valence-electron chi connectivity index (χ0n) is 12.3. The van der Waals surface area contributed by atoms with Crippen LogP contribution < -0.4 is 0 Å². The van der Waals surface area contributed by atoms with Crippen LogP contribution >= 0.6 is 0 Å². The number of likely N-dealkylation sites (N-methyl/N-ethyl adjacent to an activating group) is 1. The summed E-state index contributed by atoms with van der Waals surface area (Å²) in [5, 5.41) is 9.13. The van der Waals surface area contributed by atoms with Crippen LogP contribution in [0, 0.1) is 0 Å². The number of hydrogen-bond donors (Lipinski definition) is 1. The van der Waals surface area contributed by atoms with Crippen molar-refractivity contribution in [3.8, 4) is 0 Å². The Morgan fingerprint density at radius 3 is 2.15 bits per heavy atom. The molecule has 0 heterocycles. The molecule has 0 bridgehead atoms. The third-order valence-electron chi connectivity index (χ3n) is 3.43. The van der Waals surface area contributed by atoms with Crippen LogP contribution in [0.3, 0.4) is 0 Å². The summed E-state index contributed by atoms with van der Waals surface area (Å²) in [6.07, 6.45) is 1.87. The molecule has 112 valence electrons. The quantitative estimate of drug-likeness (QED) is 0.873. The Morgan fingerprint density at radius 1 is 1.25 bits per heavy atom. The van der Waals surface area contributed by atoms with Crippen LogP contribution in [0.4, 0.5) is 0 Å². The second-order valence-corrected chi connectivity index (χ2v) is 7.20. The third kappa shape index (κ3) is 3.19. The topological polar surface area (TPSA) is 74.7 Å². The van der Waals surface area contributed by atoms with Crippen molar-refractivity contribution in [1.29, 1.82) is 0 Å². The number of hydrogen-bond acceptors (Lipinski definition) is 3. The fourth-order valence-electron chi connectivity index (χ4n) is 1.71. The average Bonchev–Trinajstić information content (AvgIpc) is 2.38. The predicted octanol–water partition coefficient (Wildman–Crippen LogP) is 2.12. The van der Waals surface area contributed by atoms with Crippen LogP contribution in [0.5, 0.6) is 0 Å². The highest BCUT2D eigenvalue weighted by molar-refractivity contribution is 7.89. The lowest BCUT2D eigenvalue weighted by Crippen LogP contribution is -2.50. The van der Waals surface area contributed by atoms with Gasteiger partial charge in [0.05, 0.1) is 4.90 Å². The first-order valence-electron chi connectivity index (χ1n) is 6.45. The van der Waals surface area contributed by atoms with Crippen molar-refractivity contribution in [3.05, 3.63) is 29.8 Å². The molecule has 1 rings (SSSR count). The molecule has 1 aromatic rings. The van der Waals surface area contributed by atoms with E-state index in [0.29, 0.717) is 0 Å². The van der Waals surface area contributed by atoms with Gasteiger partial charge in [0.15, 0.2) is 0 Å². The highest BCUT2D eigenvalue weighted by Gasteiger charge is 2.39. The highest BCUT2D eigenvalue weighted by Crippen LogP contribution is 2.23. The molecule has 0 saturated carbocycles. The van der Waals surface area contributed by atoms with Gasteiger partial charge in [0.25, 0.3) is 0 Å². The predicted molar refractivity (Wildman–Crippen MR) is 77.1 cm³/mol. The number of aryl methyl sites for hydroxylation is 1. The zero-order valence-corrected chi connectivity index (χ0v) is 13.1. The Labute approximate surface area is 120 Å². The van der Waals surface area contributed by atoms with E-state index in [1.807, 2.05) is 6.92 Å². The largest absolute Gasteiger partial charge is 0.480 e. The van der Waals surface area contributed by atoms with Gasteiger partial charge in [-0.15, -0.1) is 0 Å². The van der Waals surface area contributed by atoms with Crippen molar-refractivity contribution >= 4 is 16.0 Å². The van der Waals surface area contributed by atoms with Crippen LogP contribution in [0.2, 0.25) is 0 Å². The first kappa shape index (κ1) is 16.7. The van der Waals surface area contributed by atoms with Crippen molar-refractivity contribution in [3.63, 3.8) is 0 Å². The third-order valence-corrected chi connectivity index (χ3v) is 5.48. The lowest BCUT2D eigenvalue weighted by atomic mass is 10.1. The van der Waals surface area contributed by atoms with Crippen LogP contribution in [0.15, 0.2) is 29.2 Å². The maximum Gasteiger partial charge on any atom is 0.324 e. The molecule has 0 radical (unpaired) electrons. The lowest BCUT2D eigenvalue weighted by Gasteiger charge is -2.30. The van der Waals surface area contributed by atoms with Crippen molar-refractivity contribution in [2.75, 3.05) is 7.05 Å². The maximum atomic E-state index is 12.4.